The molecule has 1 atom stereocenters. The zero-order valence-corrected chi connectivity index (χ0v) is 14.2. The van der Waals surface area contributed by atoms with Crippen molar-refractivity contribution in [2.45, 2.75) is 12.7 Å². The first-order valence-corrected chi connectivity index (χ1v) is 8.49. The molecule has 126 valence electrons. The third kappa shape index (κ3) is 3.29. The van der Waals surface area contributed by atoms with Crippen LogP contribution in [0.3, 0.4) is 0 Å². The van der Waals surface area contributed by atoms with Crippen molar-refractivity contribution < 1.29 is 4.79 Å². The predicted octanol–water partition coefficient (Wildman–Crippen LogP) is 3.24. The van der Waals surface area contributed by atoms with Gasteiger partial charge in [0.25, 0.3) is 5.91 Å². The molecule has 0 saturated carbocycles. The van der Waals surface area contributed by atoms with E-state index < -0.39 is 0 Å². The molecule has 0 spiro atoms. The summed E-state index contributed by atoms with van der Waals surface area (Å²) in [7, 11) is 0. The Kier molecular flexibility index (Phi) is 4.26. The highest BCUT2D eigenvalue weighted by molar-refractivity contribution is 6.30. The quantitative estimate of drug-likeness (QED) is 0.758. The molecule has 0 bridgehead atoms. The Hall–Kier alpha value is -2.63. The Morgan fingerprint density at radius 2 is 2.00 bits per heavy atom. The van der Waals surface area contributed by atoms with Crippen molar-refractivity contribution in [3.05, 3.63) is 76.9 Å². The predicted molar refractivity (Wildman–Crippen MR) is 97.3 cm³/mol. The van der Waals surface area contributed by atoms with Gasteiger partial charge in [-0.05, 0) is 23.8 Å². The van der Waals surface area contributed by atoms with Gasteiger partial charge in [-0.25, -0.2) is 4.68 Å². The van der Waals surface area contributed by atoms with E-state index in [1.54, 1.807) is 4.68 Å². The molecule has 0 aliphatic carbocycles. The van der Waals surface area contributed by atoms with Crippen LogP contribution < -0.4 is 10.6 Å². The minimum atomic E-state index is -0.107. The standard InChI is InChI=1S/C19H17ClN4O/c20-15-8-4-5-13(9-15)11-21-18-12-22-19(25)17-10-16(23-24(17)18)14-6-2-1-3-7-14/h1-10,18,21H,11-12H2,(H,22,25). The van der Waals surface area contributed by atoms with E-state index in [9.17, 15) is 4.79 Å². The third-order valence-electron chi connectivity index (χ3n) is 4.22. The maximum atomic E-state index is 12.2. The molecule has 3 aromatic rings. The summed E-state index contributed by atoms with van der Waals surface area (Å²) in [6.07, 6.45) is -0.107. The molecular formula is C19H17ClN4O. The molecule has 0 saturated heterocycles. The van der Waals surface area contributed by atoms with Crippen molar-refractivity contribution in [1.82, 2.24) is 20.4 Å². The molecule has 2 aromatic carbocycles. The van der Waals surface area contributed by atoms with Crippen LogP contribution in [-0.2, 0) is 6.54 Å². The van der Waals surface area contributed by atoms with Gasteiger partial charge in [-0.1, -0.05) is 54.1 Å². The van der Waals surface area contributed by atoms with Gasteiger partial charge in [0, 0.05) is 17.1 Å². The van der Waals surface area contributed by atoms with Gasteiger partial charge in [-0.2, -0.15) is 5.10 Å². The minimum Gasteiger partial charge on any atom is -0.347 e. The number of nitrogens with one attached hydrogen (secondary N) is 2. The van der Waals surface area contributed by atoms with Gasteiger partial charge >= 0.3 is 0 Å². The largest absolute Gasteiger partial charge is 0.347 e. The number of carbonyl (C=O) groups excluding carboxylic acids is 1. The summed E-state index contributed by atoms with van der Waals surface area (Å²) in [5, 5.41) is 11.7. The highest BCUT2D eigenvalue weighted by Crippen LogP contribution is 2.23. The fraction of sp³-hybridized carbons (Fsp3) is 0.158. The Morgan fingerprint density at radius 1 is 1.16 bits per heavy atom. The number of hydrogen-bond acceptors (Lipinski definition) is 3. The Balaban J connectivity index is 1.59. The lowest BCUT2D eigenvalue weighted by Crippen LogP contribution is -2.45. The summed E-state index contributed by atoms with van der Waals surface area (Å²) < 4.78 is 1.77. The van der Waals surface area contributed by atoms with Crippen molar-refractivity contribution in [2.24, 2.45) is 0 Å². The number of fused-ring (bicyclic) bond motifs is 1. The lowest BCUT2D eigenvalue weighted by Gasteiger charge is -2.25. The number of aromatic nitrogens is 2. The molecule has 5 nitrogen and oxygen atoms in total. The molecule has 1 aliphatic rings. The summed E-state index contributed by atoms with van der Waals surface area (Å²) in [6, 6.07) is 19.4. The minimum absolute atomic E-state index is 0.101. The van der Waals surface area contributed by atoms with Gasteiger partial charge in [0.2, 0.25) is 0 Å². The fourth-order valence-electron chi connectivity index (χ4n) is 2.96. The maximum Gasteiger partial charge on any atom is 0.269 e. The summed E-state index contributed by atoms with van der Waals surface area (Å²) in [5.41, 5.74) is 3.43. The molecule has 0 fully saturated rings. The van der Waals surface area contributed by atoms with Crippen LogP contribution >= 0.6 is 11.6 Å². The first kappa shape index (κ1) is 15.9. The molecule has 6 heteroatoms. The molecule has 4 rings (SSSR count). The van der Waals surface area contributed by atoms with E-state index in [4.69, 9.17) is 11.6 Å². The zero-order chi connectivity index (χ0) is 17.2. The van der Waals surface area contributed by atoms with Gasteiger partial charge in [0.15, 0.2) is 0 Å². The number of hydrogen-bond donors (Lipinski definition) is 2. The molecule has 1 amide bonds. The van der Waals surface area contributed by atoms with Crippen LogP contribution in [0.4, 0.5) is 0 Å². The highest BCUT2D eigenvalue weighted by Gasteiger charge is 2.27. The summed E-state index contributed by atoms with van der Waals surface area (Å²) in [5.74, 6) is -0.101. The molecule has 0 radical (unpaired) electrons. The Bertz CT molecular complexity index is 907. The van der Waals surface area contributed by atoms with Crippen LogP contribution in [0.15, 0.2) is 60.7 Å². The van der Waals surface area contributed by atoms with Crippen molar-refractivity contribution in [2.75, 3.05) is 6.54 Å². The lowest BCUT2D eigenvalue weighted by molar-refractivity contribution is 0.0900. The average molecular weight is 353 g/mol. The van der Waals surface area contributed by atoms with Gasteiger partial charge in [0.05, 0.1) is 12.2 Å². The molecule has 1 unspecified atom stereocenters. The highest BCUT2D eigenvalue weighted by atomic mass is 35.5. The van der Waals surface area contributed by atoms with E-state index in [0.717, 1.165) is 16.8 Å². The van der Waals surface area contributed by atoms with Crippen molar-refractivity contribution >= 4 is 17.5 Å². The van der Waals surface area contributed by atoms with Crippen molar-refractivity contribution in [3.63, 3.8) is 0 Å². The Morgan fingerprint density at radius 3 is 2.80 bits per heavy atom. The molecular weight excluding hydrogens is 336 g/mol. The second-order valence-corrected chi connectivity index (χ2v) is 6.40. The zero-order valence-electron chi connectivity index (χ0n) is 13.4. The molecule has 25 heavy (non-hydrogen) atoms. The third-order valence-corrected chi connectivity index (χ3v) is 4.46. The van der Waals surface area contributed by atoms with Crippen LogP contribution in [0.2, 0.25) is 5.02 Å². The molecule has 2 N–H and O–H groups in total. The van der Waals surface area contributed by atoms with Crippen molar-refractivity contribution in [3.8, 4) is 11.3 Å². The van der Waals surface area contributed by atoms with E-state index in [0.29, 0.717) is 23.8 Å². The molecule has 1 aromatic heterocycles. The van der Waals surface area contributed by atoms with Crippen LogP contribution in [0, 0.1) is 0 Å². The van der Waals surface area contributed by atoms with E-state index in [1.165, 1.54) is 0 Å². The van der Waals surface area contributed by atoms with Crippen LogP contribution in [-0.4, -0.2) is 22.2 Å². The number of halogens is 1. The first-order chi connectivity index (χ1) is 12.2. The summed E-state index contributed by atoms with van der Waals surface area (Å²) >= 11 is 6.04. The smallest absolute Gasteiger partial charge is 0.269 e. The number of benzene rings is 2. The molecule has 1 aliphatic heterocycles. The number of nitrogens with zero attached hydrogens (tertiary/aromatic N) is 2. The fourth-order valence-corrected chi connectivity index (χ4v) is 3.17. The normalized spacial score (nSPS) is 16.4. The van der Waals surface area contributed by atoms with Gasteiger partial charge in [-0.3, -0.25) is 10.1 Å². The monoisotopic (exact) mass is 352 g/mol. The van der Waals surface area contributed by atoms with Crippen LogP contribution in [0.5, 0.6) is 0 Å². The topological polar surface area (TPSA) is 59.0 Å². The SMILES string of the molecule is O=C1NCC(NCc2cccc(Cl)c2)n2nc(-c3ccccc3)cc21. The lowest BCUT2D eigenvalue weighted by atomic mass is 10.1. The van der Waals surface area contributed by atoms with E-state index in [-0.39, 0.29) is 12.1 Å². The van der Waals surface area contributed by atoms with Crippen LogP contribution in [0.25, 0.3) is 11.3 Å². The maximum absolute atomic E-state index is 12.2. The Labute approximate surface area is 150 Å². The van der Waals surface area contributed by atoms with E-state index >= 15 is 0 Å². The van der Waals surface area contributed by atoms with E-state index in [1.807, 2.05) is 60.7 Å². The summed E-state index contributed by atoms with van der Waals surface area (Å²) in [6.45, 7) is 1.13. The molecule has 2 heterocycles. The second kappa shape index (κ2) is 6.70. The van der Waals surface area contributed by atoms with Crippen molar-refractivity contribution in [1.29, 1.82) is 0 Å². The number of rotatable bonds is 4. The summed E-state index contributed by atoms with van der Waals surface area (Å²) in [4.78, 5) is 12.2. The van der Waals surface area contributed by atoms with Gasteiger partial charge < -0.3 is 5.32 Å². The average Bonchev–Trinajstić information content (AvgIpc) is 3.08. The van der Waals surface area contributed by atoms with Gasteiger partial charge in [-0.15, -0.1) is 0 Å². The first-order valence-electron chi connectivity index (χ1n) is 8.12. The second-order valence-electron chi connectivity index (χ2n) is 5.96. The van der Waals surface area contributed by atoms with E-state index in [2.05, 4.69) is 15.7 Å². The van der Waals surface area contributed by atoms with Gasteiger partial charge in [0.1, 0.15) is 11.9 Å². The number of amides is 1. The number of carbonyl (C=O) groups is 1. The van der Waals surface area contributed by atoms with Crippen LogP contribution in [0.1, 0.15) is 22.2 Å².